The minimum Gasteiger partial charge on any atom is -0.483 e. The van der Waals surface area contributed by atoms with Gasteiger partial charge < -0.3 is 10.1 Å². The summed E-state index contributed by atoms with van der Waals surface area (Å²) in [5.74, 6) is -1.74. The summed E-state index contributed by atoms with van der Waals surface area (Å²) >= 11 is 0. The Morgan fingerprint density at radius 1 is 1.24 bits per heavy atom. The molecule has 0 saturated carbocycles. The Kier molecular flexibility index (Phi) is 5.95. The Balaban J connectivity index is 2.81. The van der Waals surface area contributed by atoms with Crippen LogP contribution in [0.3, 0.4) is 0 Å². The summed E-state index contributed by atoms with van der Waals surface area (Å²) in [6, 6.07) is 1.03. The van der Waals surface area contributed by atoms with Crippen molar-refractivity contribution in [2.24, 2.45) is 0 Å². The summed E-state index contributed by atoms with van der Waals surface area (Å²) in [6.45, 7) is 4.12. The molecule has 2 N–H and O–H groups in total. The van der Waals surface area contributed by atoms with Gasteiger partial charge >= 0.3 is 12.2 Å². The number of carbonyl (C=O) groups excluding carboxylic acids is 2. The van der Waals surface area contributed by atoms with Gasteiger partial charge in [0.25, 0.3) is 11.6 Å². The number of amides is 3. The number of ether oxygens (including phenoxy) is 1. The summed E-state index contributed by atoms with van der Waals surface area (Å²) in [5.41, 5.74) is -2.78. The average Bonchev–Trinajstić information content (AvgIpc) is 2.41. The van der Waals surface area contributed by atoms with Crippen molar-refractivity contribution >= 4 is 17.6 Å². The van der Waals surface area contributed by atoms with Crippen molar-refractivity contribution in [1.82, 2.24) is 10.6 Å². The standard InChI is InChI=1S/C14H16F3N3O5/c1-13(2,3)19-12(22)18-11(21)7-25-10-5-4-8(20(23)24)6-9(10)14(15,16)17/h4-6H,7H2,1-3H3,(H2,18,19,21,22). The van der Waals surface area contributed by atoms with Crippen LogP contribution in [0.25, 0.3) is 0 Å². The first kappa shape index (κ1) is 20.2. The quantitative estimate of drug-likeness (QED) is 0.631. The van der Waals surface area contributed by atoms with E-state index in [4.69, 9.17) is 4.74 Å². The summed E-state index contributed by atoms with van der Waals surface area (Å²) in [6.07, 6.45) is -4.92. The van der Waals surface area contributed by atoms with E-state index < -0.39 is 52.2 Å². The Hall–Kier alpha value is -2.85. The number of rotatable bonds is 4. The maximum atomic E-state index is 12.9. The number of benzene rings is 1. The minimum atomic E-state index is -4.92. The lowest BCUT2D eigenvalue weighted by Gasteiger charge is -2.20. The van der Waals surface area contributed by atoms with Gasteiger partial charge in [-0.2, -0.15) is 13.2 Å². The van der Waals surface area contributed by atoms with Gasteiger partial charge in [-0.1, -0.05) is 0 Å². The zero-order chi connectivity index (χ0) is 19.4. The molecule has 0 heterocycles. The predicted octanol–water partition coefficient (Wildman–Crippen LogP) is 2.62. The number of carbonyl (C=O) groups is 2. The molecule has 138 valence electrons. The summed E-state index contributed by atoms with van der Waals surface area (Å²) in [7, 11) is 0. The van der Waals surface area contributed by atoms with Gasteiger partial charge in [0, 0.05) is 17.7 Å². The number of nitrogens with one attached hydrogen (secondary N) is 2. The molecule has 3 amide bonds. The molecule has 0 aliphatic carbocycles. The van der Waals surface area contributed by atoms with Crippen LogP contribution in [0, 0.1) is 10.1 Å². The largest absolute Gasteiger partial charge is 0.483 e. The summed E-state index contributed by atoms with van der Waals surface area (Å²) < 4.78 is 43.6. The third-order valence-electron chi connectivity index (χ3n) is 2.58. The molecule has 1 rings (SSSR count). The van der Waals surface area contributed by atoms with E-state index in [1.165, 1.54) is 0 Å². The van der Waals surface area contributed by atoms with Crippen LogP contribution in [-0.2, 0) is 11.0 Å². The molecule has 11 heteroatoms. The molecule has 0 saturated heterocycles. The molecule has 8 nitrogen and oxygen atoms in total. The van der Waals surface area contributed by atoms with Gasteiger partial charge in [-0.3, -0.25) is 20.2 Å². The van der Waals surface area contributed by atoms with Crippen LogP contribution in [0.15, 0.2) is 18.2 Å². The van der Waals surface area contributed by atoms with E-state index in [0.29, 0.717) is 6.07 Å². The van der Waals surface area contributed by atoms with Gasteiger partial charge in [0.1, 0.15) is 11.3 Å². The molecule has 0 unspecified atom stereocenters. The van der Waals surface area contributed by atoms with E-state index in [0.717, 1.165) is 12.1 Å². The van der Waals surface area contributed by atoms with Crippen molar-refractivity contribution in [2.75, 3.05) is 6.61 Å². The van der Waals surface area contributed by atoms with E-state index in [1.807, 2.05) is 5.32 Å². The number of nitrogens with zero attached hydrogens (tertiary/aromatic N) is 1. The molecule has 0 aromatic heterocycles. The second-order valence-electron chi connectivity index (χ2n) is 5.98. The molecule has 0 fully saturated rings. The second-order valence-corrected chi connectivity index (χ2v) is 5.98. The maximum absolute atomic E-state index is 12.9. The van der Waals surface area contributed by atoms with Gasteiger partial charge in [-0.25, -0.2) is 4.79 Å². The van der Waals surface area contributed by atoms with Crippen LogP contribution >= 0.6 is 0 Å². The highest BCUT2D eigenvalue weighted by atomic mass is 19.4. The number of halogens is 3. The minimum absolute atomic E-state index is 0.305. The number of urea groups is 1. The van der Waals surface area contributed by atoms with Crippen LogP contribution < -0.4 is 15.4 Å². The van der Waals surface area contributed by atoms with Crippen LogP contribution in [0.2, 0.25) is 0 Å². The number of imide groups is 1. The maximum Gasteiger partial charge on any atom is 0.420 e. The fourth-order valence-corrected chi connectivity index (χ4v) is 1.66. The Bertz CT molecular complexity index is 683. The predicted molar refractivity (Wildman–Crippen MR) is 80.0 cm³/mol. The lowest BCUT2D eigenvalue weighted by atomic mass is 10.1. The lowest BCUT2D eigenvalue weighted by Crippen LogP contribution is -2.49. The molecule has 0 bridgehead atoms. The fourth-order valence-electron chi connectivity index (χ4n) is 1.66. The van der Waals surface area contributed by atoms with Gasteiger partial charge in [-0.05, 0) is 26.8 Å². The molecule has 1 aromatic rings. The van der Waals surface area contributed by atoms with E-state index in [1.54, 1.807) is 20.8 Å². The lowest BCUT2D eigenvalue weighted by molar-refractivity contribution is -0.385. The number of alkyl halides is 3. The van der Waals surface area contributed by atoms with Gasteiger partial charge in [0.05, 0.1) is 4.92 Å². The third-order valence-corrected chi connectivity index (χ3v) is 2.58. The van der Waals surface area contributed by atoms with E-state index >= 15 is 0 Å². The molecule has 0 atom stereocenters. The SMILES string of the molecule is CC(C)(C)NC(=O)NC(=O)COc1ccc([N+](=O)[O-])cc1C(F)(F)F. The van der Waals surface area contributed by atoms with Crippen LogP contribution in [0.1, 0.15) is 26.3 Å². The van der Waals surface area contributed by atoms with E-state index in [-0.39, 0.29) is 0 Å². The van der Waals surface area contributed by atoms with Crippen molar-refractivity contribution in [3.63, 3.8) is 0 Å². The zero-order valence-electron chi connectivity index (χ0n) is 13.6. The number of non-ortho nitro benzene ring substituents is 1. The Morgan fingerprint density at radius 2 is 1.84 bits per heavy atom. The molecule has 0 aliphatic rings. The van der Waals surface area contributed by atoms with E-state index in [9.17, 15) is 32.9 Å². The zero-order valence-corrected chi connectivity index (χ0v) is 13.6. The van der Waals surface area contributed by atoms with Crippen LogP contribution in [0.5, 0.6) is 5.75 Å². The van der Waals surface area contributed by atoms with Crippen molar-refractivity contribution in [3.05, 3.63) is 33.9 Å². The summed E-state index contributed by atoms with van der Waals surface area (Å²) in [5, 5.41) is 14.9. The summed E-state index contributed by atoms with van der Waals surface area (Å²) in [4.78, 5) is 32.6. The molecule has 0 radical (unpaired) electrons. The Morgan fingerprint density at radius 3 is 2.32 bits per heavy atom. The van der Waals surface area contributed by atoms with Crippen LogP contribution in [-0.4, -0.2) is 29.0 Å². The molecular weight excluding hydrogens is 347 g/mol. The monoisotopic (exact) mass is 363 g/mol. The highest BCUT2D eigenvalue weighted by molar-refractivity contribution is 5.95. The number of nitro benzene ring substituents is 1. The van der Waals surface area contributed by atoms with E-state index in [2.05, 4.69) is 5.32 Å². The van der Waals surface area contributed by atoms with Crippen molar-refractivity contribution in [2.45, 2.75) is 32.5 Å². The van der Waals surface area contributed by atoms with Gasteiger partial charge in [0.2, 0.25) is 0 Å². The molecule has 1 aromatic carbocycles. The van der Waals surface area contributed by atoms with Crippen molar-refractivity contribution < 1.29 is 32.4 Å². The van der Waals surface area contributed by atoms with Gasteiger partial charge in [0.15, 0.2) is 6.61 Å². The molecular formula is C14H16F3N3O5. The van der Waals surface area contributed by atoms with Crippen LogP contribution in [0.4, 0.5) is 23.7 Å². The first-order valence-corrected chi connectivity index (χ1v) is 6.90. The second kappa shape index (κ2) is 7.36. The number of nitro groups is 1. The highest BCUT2D eigenvalue weighted by Gasteiger charge is 2.36. The van der Waals surface area contributed by atoms with Gasteiger partial charge in [-0.15, -0.1) is 0 Å². The smallest absolute Gasteiger partial charge is 0.420 e. The first-order chi connectivity index (χ1) is 11.3. The topological polar surface area (TPSA) is 111 Å². The third kappa shape index (κ3) is 6.65. The molecule has 0 aliphatic heterocycles. The fraction of sp³-hybridized carbons (Fsp3) is 0.429. The van der Waals surface area contributed by atoms with Crippen molar-refractivity contribution in [3.8, 4) is 5.75 Å². The highest BCUT2D eigenvalue weighted by Crippen LogP contribution is 2.38. The number of hydrogen-bond donors (Lipinski definition) is 2. The molecule has 0 spiro atoms. The molecule has 25 heavy (non-hydrogen) atoms. The van der Waals surface area contributed by atoms with Crippen molar-refractivity contribution in [1.29, 1.82) is 0 Å². The normalized spacial score (nSPS) is 11.6. The Labute approximate surface area is 140 Å². The average molecular weight is 363 g/mol. The first-order valence-electron chi connectivity index (χ1n) is 6.90. The number of hydrogen-bond acceptors (Lipinski definition) is 5.